The van der Waals surface area contributed by atoms with Crippen molar-refractivity contribution < 1.29 is 49.3 Å². The summed E-state index contributed by atoms with van der Waals surface area (Å²) in [5, 5.41) is 57.4. The normalized spacial score (nSPS) is 18.1. The quantitative estimate of drug-likeness (QED) is 0.0195. The molecule has 1 rings (SSSR count). The number of allylic oxidation sites excluding steroid dienone is 3. The van der Waals surface area contributed by atoms with Crippen LogP contribution in [0.5, 0.6) is 0 Å². The second kappa shape index (κ2) is 66.2. The topological polar surface area (TPSA) is 175 Å². The van der Waals surface area contributed by atoms with Crippen LogP contribution in [0.25, 0.3) is 0 Å². The molecule has 0 aromatic rings. The molecule has 0 aliphatic carbocycles. The van der Waals surface area contributed by atoms with Crippen LogP contribution in [0, 0.1) is 0 Å². The predicted molar refractivity (Wildman–Crippen MR) is 375 cm³/mol. The second-order valence-electron chi connectivity index (χ2n) is 27.5. The Morgan fingerprint density at radius 3 is 1.09 bits per heavy atom. The molecule has 89 heavy (non-hydrogen) atoms. The number of carbonyl (C=O) groups is 2. The minimum atomic E-state index is -1.61. The molecule has 1 aliphatic heterocycles. The lowest BCUT2D eigenvalue weighted by atomic mass is 9.99. The molecule has 8 atom stereocenters. The highest BCUT2D eigenvalue weighted by Crippen LogP contribution is 2.27. The fourth-order valence-electron chi connectivity index (χ4n) is 12.7. The van der Waals surface area contributed by atoms with Crippen LogP contribution in [-0.2, 0) is 23.8 Å². The molecule has 0 aromatic carbocycles. The Morgan fingerprint density at radius 1 is 0.427 bits per heavy atom. The van der Waals surface area contributed by atoms with E-state index in [1.807, 2.05) is 6.08 Å². The summed E-state index contributed by atoms with van der Waals surface area (Å²) in [6, 6.07) is -1.02. The van der Waals surface area contributed by atoms with Crippen LogP contribution in [0.2, 0.25) is 0 Å². The Balaban J connectivity index is 2.51. The molecular weight excluding hydrogens is 1110 g/mol. The largest absolute Gasteiger partial charge is 0.454 e. The Hall–Kier alpha value is -1.86. The standard InChI is InChI=1S/C78H149NO10/c1-4-7-10-13-16-19-22-25-27-29-31-33-34-35-36-37-39-40-42-44-47-50-53-56-59-62-65-71(82)77(86)79-69(70(81)64-61-58-55-52-49-46-24-21-18-15-12-9-6-3)68-87-78-76(75(85)74(84)72(67-80)88-78)89-73(83)66-63-60-57-54-51-48-45-43-41-38-32-30-28-26-23-20-17-14-11-8-5-2/h26,28,61,64,69-72,74-76,78,80-82,84-85H,4-25,27,29-60,62-63,65-68H2,1-3H3,(H,79,86)/b28-26+,64-61+. The highest BCUT2D eigenvalue weighted by atomic mass is 16.7. The van der Waals surface area contributed by atoms with Crippen molar-refractivity contribution in [2.24, 2.45) is 0 Å². The van der Waals surface area contributed by atoms with Gasteiger partial charge in [0, 0.05) is 6.42 Å². The van der Waals surface area contributed by atoms with Gasteiger partial charge in [-0.15, -0.1) is 0 Å². The lowest BCUT2D eigenvalue weighted by Crippen LogP contribution is -2.61. The maximum atomic E-state index is 13.5. The van der Waals surface area contributed by atoms with Gasteiger partial charge < -0.3 is 45.1 Å². The van der Waals surface area contributed by atoms with Gasteiger partial charge in [0.25, 0.3) is 0 Å². The number of carbonyl (C=O) groups excluding carboxylic acids is 2. The summed E-state index contributed by atoms with van der Waals surface area (Å²) < 4.78 is 17.8. The zero-order valence-electron chi connectivity index (χ0n) is 58.8. The first-order valence-corrected chi connectivity index (χ1v) is 39.1. The number of hydrogen-bond donors (Lipinski definition) is 6. The Morgan fingerprint density at radius 2 is 0.742 bits per heavy atom. The van der Waals surface area contributed by atoms with Crippen LogP contribution < -0.4 is 5.32 Å². The highest BCUT2D eigenvalue weighted by Gasteiger charge is 2.47. The molecule has 0 aromatic heterocycles. The number of esters is 1. The Labute approximate surface area is 550 Å². The molecule has 1 aliphatic rings. The van der Waals surface area contributed by atoms with Crippen molar-refractivity contribution in [1.29, 1.82) is 0 Å². The minimum absolute atomic E-state index is 0.128. The first kappa shape index (κ1) is 85.2. The van der Waals surface area contributed by atoms with Gasteiger partial charge >= 0.3 is 5.97 Å². The molecule has 1 saturated heterocycles. The third-order valence-corrected chi connectivity index (χ3v) is 18.9. The van der Waals surface area contributed by atoms with E-state index in [1.54, 1.807) is 6.08 Å². The molecule has 1 fully saturated rings. The van der Waals surface area contributed by atoms with Crippen molar-refractivity contribution in [1.82, 2.24) is 5.32 Å². The number of rotatable bonds is 69. The number of ether oxygens (including phenoxy) is 3. The summed E-state index contributed by atoms with van der Waals surface area (Å²) in [7, 11) is 0. The number of hydrogen-bond acceptors (Lipinski definition) is 10. The lowest BCUT2D eigenvalue weighted by molar-refractivity contribution is -0.305. The van der Waals surface area contributed by atoms with Crippen LogP contribution >= 0.6 is 0 Å². The summed E-state index contributed by atoms with van der Waals surface area (Å²) in [5.74, 6) is -1.17. The SMILES string of the molecule is CCCCCCCC/C=C/CCCCCCCCCCCCCC(=O)OC1C(OCC(NC(=O)C(O)CCCCCCCCCCCCCCCCCCCCCCCCCCCC)C(O)/C=C/CCCCCCCCCCCCC)OC(CO)C(O)C1O. The van der Waals surface area contributed by atoms with Crippen molar-refractivity contribution in [3.05, 3.63) is 24.3 Å². The number of unbranched alkanes of at least 4 members (excludes halogenated alkanes) is 53. The van der Waals surface area contributed by atoms with Crippen molar-refractivity contribution >= 4 is 11.9 Å². The molecule has 0 saturated carbocycles. The average molecular weight is 1260 g/mol. The van der Waals surface area contributed by atoms with Crippen LogP contribution in [0.3, 0.4) is 0 Å². The summed E-state index contributed by atoms with van der Waals surface area (Å²) >= 11 is 0. The summed E-state index contributed by atoms with van der Waals surface area (Å²) in [4.78, 5) is 26.8. The molecule has 1 amide bonds. The van der Waals surface area contributed by atoms with E-state index >= 15 is 0 Å². The van der Waals surface area contributed by atoms with Crippen LogP contribution in [0.4, 0.5) is 0 Å². The number of aliphatic hydroxyl groups excluding tert-OH is 5. The number of nitrogens with one attached hydrogen (secondary N) is 1. The molecule has 526 valence electrons. The van der Waals surface area contributed by atoms with E-state index in [1.165, 1.54) is 295 Å². The van der Waals surface area contributed by atoms with Gasteiger partial charge in [-0.3, -0.25) is 9.59 Å². The second-order valence-corrected chi connectivity index (χ2v) is 27.5. The van der Waals surface area contributed by atoms with E-state index < -0.39 is 67.4 Å². The molecule has 8 unspecified atom stereocenters. The molecular formula is C78H149NO10. The van der Waals surface area contributed by atoms with Gasteiger partial charge in [-0.2, -0.15) is 0 Å². The monoisotopic (exact) mass is 1260 g/mol. The van der Waals surface area contributed by atoms with E-state index in [4.69, 9.17) is 14.2 Å². The molecule has 0 radical (unpaired) electrons. The van der Waals surface area contributed by atoms with Gasteiger partial charge in [0.1, 0.15) is 24.4 Å². The Bertz CT molecular complexity index is 1550. The van der Waals surface area contributed by atoms with Crippen LogP contribution in [0.15, 0.2) is 24.3 Å². The molecule has 6 N–H and O–H groups in total. The third kappa shape index (κ3) is 53.1. The molecule has 0 bridgehead atoms. The predicted octanol–water partition coefficient (Wildman–Crippen LogP) is 20.7. The highest BCUT2D eigenvalue weighted by molar-refractivity contribution is 5.80. The summed E-state index contributed by atoms with van der Waals surface area (Å²) in [6.07, 6.45) is 70.9. The fourth-order valence-corrected chi connectivity index (χ4v) is 12.7. The van der Waals surface area contributed by atoms with Gasteiger partial charge in [0.2, 0.25) is 5.91 Å². The minimum Gasteiger partial charge on any atom is -0.454 e. The van der Waals surface area contributed by atoms with E-state index in [9.17, 15) is 35.1 Å². The zero-order valence-corrected chi connectivity index (χ0v) is 58.8. The van der Waals surface area contributed by atoms with Gasteiger partial charge in [-0.1, -0.05) is 366 Å². The van der Waals surface area contributed by atoms with Crippen molar-refractivity contribution in [2.45, 2.75) is 449 Å². The third-order valence-electron chi connectivity index (χ3n) is 18.9. The van der Waals surface area contributed by atoms with Gasteiger partial charge in [-0.25, -0.2) is 0 Å². The maximum Gasteiger partial charge on any atom is 0.306 e. The number of aliphatic hydroxyl groups is 5. The van der Waals surface area contributed by atoms with Crippen molar-refractivity contribution in [2.75, 3.05) is 13.2 Å². The fraction of sp³-hybridized carbons (Fsp3) is 0.923. The lowest BCUT2D eigenvalue weighted by Gasteiger charge is -2.41. The van der Waals surface area contributed by atoms with Crippen LogP contribution in [-0.4, -0.2) is 99.6 Å². The van der Waals surface area contributed by atoms with E-state index in [2.05, 4.69) is 38.2 Å². The zero-order chi connectivity index (χ0) is 64.6. The number of amides is 1. The summed E-state index contributed by atoms with van der Waals surface area (Å²) in [5.41, 5.74) is 0. The maximum absolute atomic E-state index is 13.5. The first-order valence-electron chi connectivity index (χ1n) is 39.1. The van der Waals surface area contributed by atoms with Gasteiger partial charge in [0.05, 0.1) is 25.4 Å². The first-order chi connectivity index (χ1) is 43.7. The molecule has 1 heterocycles. The summed E-state index contributed by atoms with van der Waals surface area (Å²) in [6.45, 7) is 5.87. The van der Waals surface area contributed by atoms with Crippen molar-refractivity contribution in [3.63, 3.8) is 0 Å². The molecule has 11 heteroatoms. The Kier molecular flexibility index (Phi) is 63.3. The van der Waals surface area contributed by atoms with E-state index in [0.29, 0.717) is 19.3 Å². The van der Waals surface area contributed by atoms with E-state index in [-0.39, 0.29) is 13.0 Å². The van der Waals surface area contributed by atoms with Gasteiger partial charge in [0.15, 0.2) is 12.4 Å². The molecule has 11 nitrogen and oxygen atoms in total. The van der Waals surface area contributed by atoms with E-state index in [0.717, 1.165) is 57.8 Å². The smallest absolute Gasteiger partial charge is 0.306 e. The van der Waals surface area contributed by atoms with Crippen molar-refractivity contribution in [3.8, 4) is 0 Å². The van der Waals surface area contributed by atoms with Gasteiger partial charge in [-0.05, 0) is 51.4 Å². The average Bonchev–Trinajstić information content (AvgIpc) is 2.24. The van der Waals surface area contributed by atoms with Crippen LogP contribution in [0.1, 0.15) is 400 Å². The molecule has 0 spiro atoms.